The highest BCUT2D eigenvalue weighted by Gasteiger charge is 2.05. The van der Waals surface area contributed by atoms with Crippen molar-refractivity contribution < 1.29 is 0 Å². The minimum absolute atomic E-state index is 0.0294. The topological polar surface area (TPSA) is 49.8 Å². The van der Waals surface area contributed by atoms with Crippen molar-refractivity contribution in [2.75, 3.05) is 5.73 Å². The van der Waals surface area contributed by atoms with Crippen molar-refractivity contribution >= 4 is 17.4 Å². The van der Waals surface area contributed by atoms with Gasteiger partial charge in [-0.25, -0.2) is 0 Å². The molecule has 0 fully saturated rings. The monoisotopic (exact) mass is 192 g/mol. The lowest BCUT2D eigenvalue weighted by atomic mass is 10.3. The summed E-state index contributed by atoms with van der Waals surface area (Å²) in [5, 5.41) is 8.78. The summed E-state index contributed by atoms with van der Waals surface area (Å²) >= 11 is 1.56. The standard InChI is InChI=1S/C10H12N2S/c1-2-9(7-11)13-10-5-3-4-8(12)6-10/h3-6,9H,2,12H2,1H3. The highest BCUT2D eigenvalue weighted by Crippen LogP contribution is 2.25. The fraction of sp³-hybridized carbons (Fsp3) is 0.300. The first-order chi connectivity index (χ1) is 6.26. The average Bonchev–Trinajstić information content (AvgIpc) is 2.14. The molecule has 0 amide bonds. The molecule has 1 rings (SSSR count). The second kappa shape index (κ2) is 4.78. The van der Waals surface area contributed by atoms with E-state index in [1.54, 1.807) is 11.8 Å². The fourth-order valence-corrected chi connectivity index (χ4v) is 1.86. The van der Waals surface area contributed by atoms with Gasteiger partial charge in [0.25, 0.3) is 0 Å². The van der Waals surface area contributed by atoms with E-state index in [9.17, 15) is 0 Å². The van der Waals surface area contributed by atoms with Gasteiger partial charge in [-0.1, -0.05) is 13.0 Å². The first kappa shape index (κ1) is 9.94. The van der Waals surface area contributed by atoms with Crippen LogP contribution >= 0.6 is 11.8 Å². The van der Waals surface area contributed by atoms with Gasteiger partial charge in [-0.2, -0.15) is 5.26 Å². The Balaban J connectivity index is 2.69. The van der Waals surface area contributed by atoms with E-state index < -0.39 is 0 Å². The minimum atomic E-state index is 0.0294. The highest BCUT2D eigenvalue weighted by atomic mass is 32.2. The first-order valence-corrected chi connectivity index (χ1v) is 5.06. The third-order valence-electron chi connectivity index (χ3n) is 1.65. The number of nitrogens with two attached hydrogens (primary N) is 1. The first-order valence-electron chi connectivity index (χ1n) is 4.18. The molecule has 0 saturated carbocycles. The van der Waals surface area contributed by atoms with Crippen molar-refractivity contribution in [1.82, 2.24) is 0 Å². The van der Waals surface area contributed by atoms with Crippen LogP contribution in [-0.4, -0.2) is 5.25 Å². The molecule has 0 aliphatic rings. The maximum absolute atomic E-state index is 8.75. The molecule has 0 saturated heterocycles. The molecule has 0 bridgehead atoms. The van der Waals surface area contributed by atoms with Gasteiger partial charge in [0.1, 0.15) is 0 Å². The summed E-state index contributed by atoms with van der Waals surface area (Å²) in [5.41, 5.74) is 6.37. The molecule has 0 aliphatic heterocycles. The van der Waals surface area contributed by atoms with Crippen molar-refractivity contribution in [3.63, 3.8) is 0 Å². The van der Waals surface area contributed by atoms with Crippen LogP contribution in [-0.2, 0) is 0 Å². The van der Waals surface area contributed by atoms with Gasteiger partial charge >= 0.3 is 0 Å². The smallest absolute Gasteiger partial charge is 0.0961 e. The fourth-order valence-electron chi connectivity index (χ4n) is 0.953. The molecule has 1 atom stereocenters. The summed E-state index contributed by atoms with van der Waals surface area (Å²) in [7, 11) is 0. The molecule has 1 unspecified atom stereocenters. The summed E-state index contributed by atoms with van der Waals surface area (Å²) in [4.78, 5) is 1.06. The molecule has 0 aliphatic carbocycles. The van der Waals surface area contributed by atoms with Gasteiger partial charge in [-0.15, -0.1) is 11.8 Å². The van der Waals surface area contributed by atoms with Crippen molar-refractivity contribution in [2.24, 2.45) is 0 Å². The number of rotatable bonds is 3. The number of thioether (sulfide) groups is 1. The molecule has 2 nitrogen and oxygen atoms in total. The zero-order chi connectivity index (χ0) is 9.68. The van der Waals surface area contributed by atoms with Gasteiger partial charge in [0.15, 0.2) is 0 Å². The van der Waals surface area contributed by atoms with Crippen LogP contribution in [0.3, 0.4) is 0 Å². The van der Waals surface area contributed by atoms with Gasteiger partial charge in [0, 0.05) is 10.6 Å². The van der Waals surface area contributed by atoms with Crippen LogP contribution in [0.2, 0.25) is 0 Å². The molecule has 1 aromatic rings. The number of hydrogen-bond acceptors (Lipinski definition) is 3. The number of hydrogen-bond donors (Lipinski definition) is 1. The average molecular weight is 192 g/mol. The van der Waals surface area contributed by atoms with Gasteiger partial charge in [-0.3, -0.25) is 0 Å². The molecule has 13 heavy (non-hydrogen) atoms. The Morgan fingerprint density at radius 1 is 1.62 bits per heavy atom. The Labute approximate surface area is 82.7 Å². The Kier molecular flexibility index (Phi) is 3.66. The maximum Gasteiger partial charge on any atom is 0.0961 e. The number of nitriles is 1. The largest absolute Gasteiger partial charge is 0.399 e. The summed E-state index contributed by atoms with van der Waals surface area (Å²) in [6.07, 6.45) is 0.857. The van der Waals surface area contributed by atoms with Crippen LogP contribution in [0.5, 0.6) is 0 Å². The van der Waals surface area contributed by atoms with Gasteiger partial charge in [-0.05, 0) is 24.6 Å². The summed E-state index contributed by atoms with van der Waals surface area (Å²) < 4.78 is 0. The SMILES string of the molecule is CCC(C#N)Sc1cccc(N)c1. The molecular weight excluding hydrogens is 180 g/mol. The van der Waals surface area contributed by atoms with E-state index in [-0.39, 0.29) is 5.25 Å². The van der Waals surface area contributed by atoms with E-state index in [0.717, 1.165) is 17.0 Å². The molecular formula is C10H12N2S. The van der Waals surface area contributed by atoms with E-state index in [2.05, 4.69) is 6.07 Å². The summed E-state index contributed by atoms with van der Waals surface area (Å²) in [6, 6.07) is 9.86. The lowest BCUT2D eigenvalue weighted by Crippen LogP contribution is -1.95. The molecule has 0 heterocycles. The lowest BCUT2D eigenvalue weighted by Gasteiger charge is -2.05. The predicted molar refractivity (Wildman–Crippen MR) is 56.4 cm³/mol. The number of nitrogen functional groups attached to an aromatic ring is 1. The van der Waals surface area contributed by atoms with Gasteiger partial charge < -0.3 is 5.73 Å². The van der Waals surface area contributed by atoms with E-state index in [4.69, 9.17) is 11.0 Å². The maximum atomic E-state index is 8.75. The van der Waals surface area contributed by atoms with Crippen molar-refractivity contribution in [3.8, 4) is 6.07 Å². The van der Waals surface area contributed by atoms with Gasteiger partial charge in [0.05, 0.1) is 11.3 Å². The zero-order valence-corrected chi connectivity index (χ0v) is 8.34. The Morgan fingerprint density at radius 3 is 2.92 bits per heavy atom. The quantitative estimate of drug-likeness (QED) is 0.591. The van der Waals surface area contributed by atoms with E-state index in [1.165, 1.54) is 0 Å². The predicted octanol–water partition coefficient (Wildman–Crippen LogP) is 2.66. The van der Waals surface area contributed by atoms with Crippen LogP contribution in [0.4, 0.5) is 5.69 Å². The normalized spacial score (nSPS) is 12.0. The molecule has 0 radical (unpaired) electrons. The summed E-state index contributed by atoms with van der Waals surface area (Å²) in [6.45, 7) is 2.01. The number of benzene rings is 1. The Hall–Kier alpha value is -1.14. The van der Waals surface area contributed by atoms with Crippen LogP contribution in [0, 0.1) is 11.3 Å². The molecule has 0 spiro atoms. The third-order valence-corrected chi connectivity index (χ3v) is 2.90. The Morgan fingerprint density at radius 2 is 2.38 bits per heavy atom. The van der Waals surface area contributed by atoms with Crippen LogP contribution in [0.25, 0.3) is 0 Å². The van der Waals surface area contributed by atoms with Crippen LogP contribution < -0.4 is 5.73 Å². The second-order valence-electron chi connectivity index (χ2n) is 2.72. The third kappa shape index (κ3) is 3.00. The highest BCUT2D eigenvalue weighted by molar-refractivity contribution is 8.00. The van der Waals surface area contributed by atoms with E-state index in [1.807, 2.05) is 31.2 Å². The molecule has 68 valence electrons. The molecule has 3 heteroatoms. The molecule has 0 aromatic heterocycles. The van der Waals surface area contributed by atoms with Crippen molar-refractivity contribution in [3.05, 3.63) is 24.3 Å². The van der Waals surface area contributed by atoms with Crippen LogP contribution in [0.15, 0.2) is 29.2 Å². The minimum Gasteiger partial charge on any atom is -0.399 e. The number of anilines is 1. The van der Waals surface area contributed by atoms with Crippen molar-refractivity contribution in [2.45, 2.75) is 23.5 Å². The van der Waals surface area contributed by atoms with Gasteiger partial charge in [0.2, 0.25) is 0 Å². The zero-order valence-electron chi connectivity index (χ0n) is 7.53. The van der Waals surface area contributed by atoms with E-state index in [0.29, 0.717) is 0 Å². The Bertz CT molecular complexity index is 317. The molecule has 2 N–H and O–H groups in total. The van der Waals surface area contributed by atoms with E-state index >= 15 is 0 Å². The lowest BCUT2D eigenvalue weighted by molar-refractivity contribution is 0.985. The van der Waals surface area contributed by atoms with Crippen molar-refractivity contribution in [1.29, 1.82) is 5.26 Å². The second-order valence-corrected chi connectivity index (χ2v) is 3.99. The summed E-state index contributed by atoms with van der Waals surface area (Å²) in [5.74, 6) is 0. The molecule has 1 aromatic carbocycles. The van der Waals surface area contributed by atoms with Crippen LogP contribution in [0.1, 0.15) is 13.3 Å². The number of nitrogens with zero attached hydrogens (tertiary/aromatic N) is 1.